The number of hydrogen-bond donors (Lipinski definition) is 1. The Morgan fingerprint density at radius 3 is 2.45 bits per heavy atom. The summed E-state index contributed by atoms with van der Waals surface area (Å²) in [4.78, 5) is 10.3. The Morgan fingerprint density at radius 2 is 1.68 bits per heavy atom. The summed E-state index contributed by atoms with van der Waals surface area (Å²) in [7, 11) is 0. The molecule has 22 heavy (non-hydrogen) atoms. The number of hydrogen-bond acceptors (Lipinski definition) is 1. The fourth-order valence-corrected chi connectivity index (χ4v) is 1.79. The number of carboxylic acids is 1. The molecular weight excluding hydrogens is 272 g/mol. The van der Waals surface area contributed by atoms with Gasteiger partial charge in [0.05, 0.1) is 0 Å². The van der Waals surface area contributed by atoms with E-state index in [9.17, 15) is 4.79 Å². The van der Waals surface area contributed by atoms with Gasteiger partial charge < -0.3 is 5.11 Å². The summed E-state index contributed by atoms with van der Waals surface area (Å²) in [5, 5.41) is 8.48. The first-order chi connectivity index (χ1) is 10.8. The molecule has 0 radical (unpaired) electrons. The standard InChI is InChI=1S/C20H30O2/c1-2-3-4-5-6-7-8-9-10-11-12-13-14-15-16-17-18-19-20(21)22/h6-7,9-10,12,14-16H,2-5,8,11,17-19H2,1H3,(H,21,22). The molecule has 0 rings (SSSR count). The Hall–Kier alpha value is -1.79. The first kappa shape index (κ1) is 20.2. The molecule has 0 aliphatic heterocycles. The lowest BCUT2D eigenvalue weighted by Gasteiger charge is -1.90. The molecule has 0 aromatic rings. The lowest BCUT2D eigenvalue weighted by atomic mass is 10.2. The molecule has 122 valence electrons. The van der Waals surface area contributed by atoms with Crippen molar-refractivity contribution in [2.45, 2.75) is 64.7 Å². The number of carboxylic acid groups (broad SMARTS) is 1. The summed E-state index contributed by atoms with van der Waals surface area (Å²) in [6.45, 7) is 2.23. The molecule has 0 heterocycles. The molecule has 0 spiro atoms. The molecule has 0 atom stereocenters. The second kappa shape index (κ2) is 17.3. The molecule has 2 heteroatoms. The predicted molar refractivity (Wildman–Crippen MR) is 94.9 cm³/mol. The summed E-state index contributed by atoms with van der Waals surface area (Å²) in [5.41, 5.74) is 3.09. The molecule has 0 fully saturated rings. The van der Waals surface area contributed by atoms with E-state index in [0.717, 1.165) is 19.3 Å². The van der Waals surface area contributed by atoms with Gasteiger partial charge in [-0.1, -0.05) is 56.2 Å². The lowest BCUT2D eigenvalue weighted by molar-refractivity contribution is -0.137. The van der Waals surface area contributed by atoms with Gasteiger partial charge in [-0.15, -0.1) is 5.73 Å². The van der Waals surface area contributed by atoms with Gasteiger partial charge in [0.25, 0.3) is 0 Å². The van der Waals surface area contributed by atoms with Crippen LogP contribution in [0.4, 0.5) is 0 Å². The van der Waals surface area contributed by atoms with Crippen molar-refractivity contribution >= 4 is 5.97 Å². The van der Waals surface area contributed by atoms with Gasteiger partial charge in [0.2, 0.25) is 0 Å². The van der Waals surface area contributed by atoms with Gasteiger partial charge in [0.15, 0.2) is 0 Å². The molecule has 0 aliphatic rings. The molecule has 0 aromatic heterocycles. The Bertz CT molecular complexity index is 407. The number of carbonyl (C=O) groups is 1. The highest BCUT2D eigenvalue weighted by Gasteiger charge is 1.92. The molecule has 0 amide bonds. The van der Waals surface area contributed by atoms with E-state index in [1.807, 2.05) is 24.3 Å². The minimum atomic E-state index is -0.730. The number of unbranched alkanes of at least 4 members (excludes halogenated alkanes) is 4. The smallest absolute Gasteiger partial charge is 0.303 e. The van der Waals surface area contributed by atoms with Crippen molar-refractivity contribution in [2.24, 2.45) is 0 Å². The first-order valence-electron chi connectivity index (χ1n) is 8.35. The highest BCUT2D eigenvalue weighted by atomic mass is 16.4. The number of rotatable bonds is 13. The van der Waals surface area contributed by atoms with E-state index in [1.165, 1.54) is 25.7 Å². The minimum Gasteiger partial charge on any atom is -0.481 e. The van der Waals surface area contributed by atoms with Gasteiger partial charge in [-0.3, -0.25) is 4.79 Å². The van der Waals surface area contributed by atoms with Gasteiger partial charge >= 0.3 is 5.97 Å². The quantitative estimate of drug-likeness (QED) is 0.196. The zero-order valence-corrected chi connectivity index (χ0v) is 13.8. The van der Waals surface area contributed by atoms with E-state index in [4.69, 9.17) is 5.11 Å². The topological polar surface area (TPSA) is 37.3 Å². The van der Waals surface area contributed by atoms with Crippen molar-refractivity contribution in [3.8, 4) is 0 Å². The molecular formula is C20H30O2. The second-order valence-corrected chi connectivity index (χ2v) is 5.16. The van der Waals surface area contributed by atoms with Crippen molar-refractivity contribution < 1.29 is 9.90 Å². The third-order valence-electron chi connectivity index (χ3n) is 3.04. The van der Waals surface area contributed by atoms with E-state index in [1.54, 1.807) is 0 Å². The van der Waals surface area contributed by atoms with Crippen LogP contribution in [0.3, 0.4) is 0 Å². The third kappa shape index (κ3) is 18.2. The third-order valence-corrected chi connectivity index (χ3v) is 3.04. The van der Waals surface area contributed by atoms with Crippen LogP contribution in [0.1, 0.15) is 64.7 Å². The Balaban J connectivity index is 3.55. The molecule has 0 saturated carbocycles. The average Bonchev–Trinajstić information content (AvgIpc) is 2.50. The largest absolute Gasteiger partial charge is 0.481 e. The van der Waals surface area contributed by atoms with Crippen LogP contribution in [0.5, 0.6) is 0 Å². The van der Waals surface area contributed by atoms with Crippen LogP contribution in [0, 0.1) is 0 Å². The maximum atomic E-state index is 10.3. The van der Waals surface area contributed by atoms with Crippen molar-refractivity contribution in [2.75, 3.05) is 0 Å². The Kier molecular flexibility index (Phi) is 15.9. The fraction of sp³-hybridized carbons (Fsp3) is 0.500. The zero-order chi connectivity index (χ0) is 16.3. The van der Waals surface area contributed by atoms with Gasteiger partial charge in [0.1, 0.15) is 0 Å². The average molecular weight is 302 g/mol. The van der Waals surface area contributed by atoms with E-state index in [0.29, 0.717) is 6.42 Å². The number of allylic oxidation sites excluding steroid dienone is 7. The highest BCUT2D eigenvalue weighted by molar-refractivity contribution is 5.66. The molecule has 0 aromatic carbocycles. The first-order valence-corrected chi connectivity index (χ1v) is 8.35. The maximum Gasteiger partial charge on any atom is 0.303 e. The van der Waals surface area contributed by atoms with Crippen molar-refractivity contribution in [1.29, 1.82) is 0 Å². The van der Waals surface area contributed by atoms with Crippen molar-refractivity contribution in [3.63, 3.8) is 0 Å². The van der Waals surface area contributed by atoms with E-state index in [2.05, 4.69) is 37.0 Å². The van der Waals surface area contributed by atoms with Crippen molar-refractivity contribution in [3.05, 3.63) is 54.3 Å². The van der Waals surface area contributed by atoms with Gasteiger partial charge in [-0.05, 0) is 50.7 Å². The molecule has 1 N–H and O–H groups in total. The summed E-state index contributed by atoms with van der Waals surface area (Å²) >= 11 is 0. The van der Waals surface area contributed by atoms with Crippen molar-refractivity contribution in [1.82, 2.24) is 0 Å². The van der Waals surface area contributed by atoms with Gasteiger partial charge in [0, 0.05) is 6.42 Å². The summed E-state index contributed by atoms with van der Waals surface area (Å²) in [6, 6.07) is 0. The van der Waals surface area contributed by atoms with Crippen LogP contribution in [0.2, 0.25) is 0 Å². The van der Waals surface area contributed by atoms with Crippen LogP contribution in [-0.4, -0.2) is 11.1 Å². The summed E-state index contributed by atoms with van der Waals surface area (Å²) in [6.07, 6.45) is 25.3. The summed E-state index contributed by atoms with van der Waals surface area (Å²) in [5.74, 6) is -0.730. The molecule has 2 nitrogen and oxygen atoms in total. The van der Waals surface area contributed by atoms with Crippen LogP contribution in [0.25, 0.3) is 0 Å². The molecule has 0 unspecified atom stereocenters. The van der Waals surface area contributed by atoms with Gasteiger partial charge in [-0.25, -0.2) is 0 Å². The SMILES string of the molecule is CCCCCC=CCC=CCC=C=CC=CCCCC(=O)O. The van der Waals surface area contributed by atoms with E-state index in [-0.39, 0.29) is 6.42 Å². The van der Waals surface area contributed by atoms with Crippen LogP contribution in [-0.2, 0) is 4.79 Å². The van der Waals surface area contributed by atoms with Gasteiger partial charge in [-0.2, -0.15) is 0 Å². The van der Waals surface area contributed by atoms with Crippen LogP contribution >= 0.6 is 0 Å². The van der Waals surface area contributed by atoms with E-state index >= 15 is 0 Å². The lowest BCUT2D eigenvalue weighted by Crippen LogP contribution is -1.92. The number of aliphatic carboxylic acids is 1. The zero-order valence-electron chi connectivity index (χ0n) is 13.8. The fourth-order valence-electron chi connectivity index (χ4n) is 1.79. The highest BCUT2D eigenvalue weighted by Crippen LogP contribution is 2.00. The molecule has 0 aliphatic carbocycles. The van der Waals surface area contributed by atoms with E-state index < -0.39 is 5.97 Å². The maximum absolute atomic E-state index is 10.3. The Labute approximate surface area is 135 Å². The predicted octanol–water partition coefficient (Wildman–Crippen LogP) is 5.98. The summed E-state index contributed by atoms with van der Waals surface area (Å²) < 4.78 is 0. The minimum absolute atomic E-state index is 0.238. The monoisotopic (exact) mass is 302 g/mol. The second-order valence-electron chi connectivity index (χ2n) is 5.16. The molecule has 0 saturated heterocycles. The Morgan fingerprint density at radius 1 is 0.955 bits per heavy atom. The normalized spacial score (nSPS) is 11.3. The van der Waals surface area contributed by atoms with Crippen LogP contribution < -0.4 is 0 Å². The molecule has 0 bridgehead atoms. The van der Waals surface area contributed by atoms with Crippen LogP contribution in [0.15, 0.2) is 54.3 Å².